The Hall–Kier alpha value is -1.41. The lowest BCUT2D eigenvalue weighted by Crippen LogP contribution is -1.97. The van der Waals surface area contributed by atoms with Crippen LogP contribution in [0.2, 0.25) is 0 Å². The smallest absolute Gasteiger partial charge is 0.159 e. The van der Waals surface area contributed by atoms with Gasteiger partial charge in [-0.3, -0.25) is 0 Å². The topological polar surface area (TPSA) is 25.8 Å². The van der Waals surface area contributed by atoms with Crippen molar-refractivity contribution in [2.24, 2.45) is 0 Å². The zero-order chi connectivity index (χ0) is 11.5. The van der Waals surface area contributed by atoms with E-state index >= 15 is 0 Å². The highest BCUT2D eigenvalue weighted by Crippen LogP contribution is 2.20. The van der Waals surface area contributed by atoms with Gasteiger partial charge < -0.3 is 0 Å². The minimum Gasteiger partial charge on any atom is -0.233 e. The second-order valence-corrected chi connectivity index (χ2v) is 4.04. The quantitative estimate of drug-likeness (QED) is 0.741. The lowest BCUT2D eigenvalue weighted by Gasteiger charge is -2.06. The van der Waals surface area contributed by atoms with Crippen LogP contribution in [0.4, 0.5) is 0 Å². The van der Waals surface area contributed by atoms with Crippen molar-refractivity contribution in [3.05, 3.63) is 47.3 Å². The number of aryl methyl sites for hydroxylation is 2. The van der Waals surface area contributed by atoms with Gasteiger partial charge in [0.05, 0.1) is 11.6 Å². The molecule has 1 aromatic heterocycles. The number of halogens is 1. The first kappa shape index (κ1) is 11.1. The normalized spacial score (nSPS) is 10.4. The Morgan fingerprint density at radius 1 is 1.12 bits per heavy atom. The van der Waals surface area contributed by atoms with E-state index in [0.29, 0.717) is 5.88 Å². The Morgan fingerprint density at radius 3 is 2.56 bits per heavy atom. The van der Waals surface area contributed by atoms with Crippen molar-refractivity contribution in [1.29, 1.82) is 0 Å². The van der Waals surface area contributed by atoms with Crippen LogP contribution in [0.15, 0.2) is 30.3 Å². The first-order chi connectivity index (χ1) is 7.70. The minimum absolute atomic E-state index is 0.419. The van der Waals surface area contributed by atoms with Gasteiger partial charge in [0.25, 0.3) is 0 Å². The van der Waals surface area contributed by atoms with Crippen LogP contribution >= 0.6 is 11.6 Å². The summed E-state index contributed by atoms with van der Waals surface area (Å²) in [6.45, 7) is 4.01. The molecule has 0 aliphatic carbocycles. The predicted octanol–water partition coefficient (Wildman–Crippen LogP) is 3.50. The SMILES string of the molecule is Cc1cc(CCl)nc(-c2ccccc2C)n1. The molecule has 0 saturated carbocycles. The number of nitrogens with zero attached hydrogens (tertiary/aromatic N) is 2. The lowest BCUT2D eigenvalue weighted by molar-refractivity contribution is 1.05. The fourth-order valence-electron chi connectivity index (χ4n) is 1.65. The van der Waals surface area contributed by atoms with Crippen molar-refractivity contribution in [3.8, 4) is 11.4 Å². The highest BCUT2D eigenvalue weighted by atomic mass is 35.5. The molecule has 1 heterocycles. The number of rotatable bonds is 2. The summed E-state index contributed by atoms with van der Waals surface area (Å²) in [5.41, 5.74) is 4.06. The predicted molar refractivity (Wildman–Crippen MR) is 66.5 cm³/mol. The number of hydrogen-bond donors (Lipinski definition) is 0. The van der Waals surface area contributed by atoms with Gasteiger partial charge in [0.1, 0.15) is 0 Å². The van der Waals surface area contributed by atoms with Crippen LogP contribution in [0.25, 0.3) is 11.4 Å². The molecule has 82 valence electrons. The van der Waals surface area contributed by atoms with Crippen LogP contribution < -0.4 is 0 Å². The van der Waals surface area contributed by atoms with E-state index in [2.05, 4.69) is 23.0 Å². The van der Waals surface area contributed by atoms with Crippen LogP contribution in [0.3, 0.4) is 0 Å². The molecule has 0 unspecified atom stereocenters. The van der Waals surface area contributed by atoms with E-state index in [1.807, 2.05) is 31.2 Å². The molecule has 0 aliphatic rings. The van der Waals surface area contributed by atoms with Gasteiger partial charge in [-0.2, -0.15) is 0 Å². The summed E-state index contributed by atoms with van der Waals surface area (Å²) in [5, 5.41) is 0. The summed E-state index contributed by atoms with van der Waals surface area (Å²) in [4.78, 5) is 8.88. The molecule has 3 heteroatoms. The molecule has 0 amide bonds. The van der Waals surface area contributed by atoms with E-state index in [1.165, 1.54) is 5.56 Å². The van der Waals surface area contributed by atoms with Crippen LogP contribution in [0, 0.1) is 13.8 Å². The fraction of sp³-hybridized carbons (Fsp3) is 0.231. The molecule has 2 nitrogen and oxygen atoms in total. The van der Waals surface area contributed by atoms with Crippen molar-refractivity contribution >= 4 is 11.6 Å². The summed E-state index contributed by atoms with van der Waals surface area (Å²) < 4.78 is 0. The Kier molecular flexibility index (Phi) is 3.20. The maximum absolute atomic E-state index is 5.81. The Bertz CT molecular complexity index is 509. The van der Waals surface area contributed by atoms with E-state index in [-0.39, 0.29) is 0 Å². The summed E-state index contributed by atoms with van der Waals surface area (Å²) in [7, 11) is 0. The van der Waals surface area contributed by atoms with Crippen molar-refractivity contribution < 1.29 is 0 Å². The highest BCUT2D eigenvalue weighted by molar-refractivity contribution is 6.16. The van der Waals surface area contributed by atoms with Gasteiger partial charge in [0.2, 0.25) is 0 Å². The van der Waals surface area contributed by atoms with E-state index in [1.54, 1.807) is 0 Å². The first-order valence-corrected chi connectivity index (χ1v) is 5.70. The second kappa shape index (κ2) is 4.62. The number of aromatic nitrogens is 2. The molecule has 2 rings (SSSR count). The van der Waals surface area contributed by atoms with E-state index in [0.717, 1.165) is 22.8 Å². The standard InChI is InChI=1S/C13H13ClN2/c1-9-5-3-4-6-12(9)13-15-10(2)7-11(8-14)16-13/h3-7H,8H2,1-2H3. The van der Waals surface area contributed by atoms with Gasteiger partial charge in [0, 0.05) is 11.3 Å². The molecule has 16 heavy (non-hydrogen) atoms. The molecule has 0 spiro atoms. The van der Waals surface area contributed by atoms with Crippen molar-refractivity contribution in [3.63, 3.8) is 0 Å². The first-order valence-electron chi connectivity index (χ1n) is 5.17. The average molecular weight is 233 g/mol. The lowest BCUT2D eigenvalue weighted by atomic mass is 10.1. The number of hydrogen-bond acceptors (Lipinski definition) is 2. The Morgan fingerprint density at radius 2 is 1.88 bits per heavy atom. The van der Waals surface area contributed by atoms with Gasteiger partial charge >= 0.3 is 0 Å². The molecular formula is C13H13ClN2. The average Bonchev–Trinajstić information content (AvgIpc) is 2.28. The third-order valence-electron chi connectivity index (χ3n) is 2.43. The molecular weight excluding hydrogens is 220 g/mol. The molecule has 0 N–H and O–H groups in total. The van der Waals surface area contributed by atoms with E-state index in [4.69, 9.17) is 11.6 Å². The maximum Gasteiger partial charge on any atom is 0.159 e. The molecule has 0 fully saturated rings. The van der Waals surface area contributed by atoms with Gasteiger partial charge in [-0.25, -0.2) is 9.97 Å². The maximum atomic E-state index is 5.81. The largest absolute Gasteiger partial charge is 0.233 e. The molecule has 0 aliphatic heterocycles. The zero-order valence-corrected chi connectivity index (χ0v) is 10.1. The summed E-state index contributed by atoms with van der Waals surface area (Å²) in [6, 6.07) is 10.0. The van der Waals surface area contributed by atoms with Crippen LogP contribution in [0.1, 0.15) is 17.0 Å². The van der Waals surface area contributed by atoms with E-state index in [9.17, 15) is 0 Å². The fourth-order valence-corrected chi connectivity index (χ4v) is 1.78. The Balaban J connectivity index is 2.56. The third kappa shape index (κ3) is 2.22. The third-order valence-corrected chi connectivity index (χ3v) is 2.70. The molecule has 2 aromatic rings. The molecule has 0 radical (unpaired) electrons. The summed E-state index contributed by atoms with van der Waals surface area (Å²) in [5.74, 6) is 1.18. The minimum atomic E-state index is 0.419. The molecule has 0 bridgehead atoms. The van der Waals surface area contributed by atoms with Crippen LogP contribution in [-0.2, 0) is 5.88 Å². The second-order valence-electron chi connectivity index (χ2n) is 3.77. The highest BCUT2D eigenvalue weighted by Gasteiger charge is 2.06. The Labute approximate surface area is 100 Å². The van der Waals surface area contributed by atoms with Gasteiger partial charge in [-0.05, 0) is 25.5 Å². The van der Waals surface area contributed by atoms with Crippen molar-refractivity contribution in [2.45, 2.75) is 19.7 Å². The summed E-state index contributed by atoms with van der Waals surface area (Å²) in [6.07, 6.45) is 0. The van der Waals surface area contributed by atoms with Crippen LogP contribution in [-0.4, -0.2) is 9.97 Å². The summed E-state index contributed by atoms with van der Waals surface area (Å²) >= 11 is 5.81. The monoisotopic (exact) mass is 232 g/mol. The molecule has 1 aromatic carbocycles. The number of alkyl halides is 1. The van der Waals surface area contributed by atoms with E-state index < -0.39 is 0 Å². The van der Waals surface area contributed by atoms with Gasteiger partial charge in [-0.15, -0.1) is 11.6 Å². The molecule has 0 saturated heterocycles. The van der Waals surface area contributed by atoms with Gasteiger partial charge in [-0.1, -0.05) is 24.3 Å². The molecule has 0 atom stereocenters. The van der Waals surface area contributed by atoms with Crippen molar-refractivity contribution in [1.82, 2.24) is 9.97 Å². The van der Waals surface area contributed by atoms with Crippen LogP contribution in [0.5, 0.6) is 0 Å². The zero-order valence-electron chi connectivity index (χ0n) is 9.37. The number of benzene rings is 1. The van der Waals surface area contributed by atoms with Crippen molar-refractivity contribution in [2.75, 3.05) is 0 Å². The van der Waals surface area contributed by atoms with Gasteiger partial charge in [0.15, 0.2) is 5.82 Å².